The number of rotatable bonds is 2. The first-order chi connectivity index (χ1) is 9.36. The second-order valence-electron chi connectivity index (χ2n) is 3.80. The van der Waals surface area contributed by atoms with E-state index in [2.05, 4.69) is 10.3 Å². The number of nitrogens with zero attached hydrogens (tertiary/aromatic N) is 1. The molecule has 20 heavy (non-hydrogen) atoms. The van der Waals surface area contributed by atoms with Crippen LogP contribution in [0.2, 0.25) is 20.2 Å². The molecule has 4 nitrogen and oxygen atoms in total. The van der Waals surface area contributed by atoms with Crippen LogP contribution < -0.4 is 11.1 Å². The van der Waals surface area contributed by atoms with Crippen molar-refractivity contribution in [2.75, 3.05) is 11.1 Å². The molecule has 0 unspecified atom stereocenters. The van der Waals surface area contributed by atoms with Crippen LogP contribution in [0.3, 0.4) is 0 Å². The average Bonchev–Trinajstić information content (AvgIpc) is 2.34. The summed E-state index contributed by atoms with van der Waals surface area (Å²) in [4.78, 5) is 15.8. The number of aromatic nitrogens is 1. The molecule has 0 aliphatic rings. The lowest BCUT2D eigenvalue weighted by Gasteiger charge is -2.09. The van der Waals surface area contributed by atoms with Crippen molar-refractivity contribution in [2.45, 2.75) is 0 Å². The summed E-state index contributed by atoms with van der Waals surface area (Å²) in [5.74, 6) is -0.302. The van der Waals surface area contributed by atoms with Crippen molar-refractivity contribution >= 4 is 63.8 Å². The fourth-order valence-corrected chi connectivity index (χ4v) is 2.27. The number of nitrogen functional groups attached to an aromatic ring is 1. The van der Waals surface area contributed by atoms with E-state index in [1.807, 2.05) is 0 Å². The number of anilines is 2. The van der Waals surface area contributed by atoms with E-state index in [-0.39, 0.29) is 26.6 Å². The first-order valence-electron chi connectivity index (χ1n) is 5.26. The zero-order valence-electron chi connectivity index (χ0n) is 9.75. The molecular weight excluding hydrogens is 344 g/mol. The monoisotopic (exact) mass is 349 g/mol. The van der Waals surface area contributed by atoms with Gasteiger partial charge in [0.25, 0.3) is 5.91 Å². The molecular formula is C12H7Cl4N3O. The minimum absolute atomic E-state index is 0.121. The minimum Gasteiger partial charge on any atom is -0.384 e. The van der Waals surface area contributed by atoms with E-state index in [0.29, 0.717) is 10.7 Å². The molecule has 0 aliphatic heterocycles. The highest BCUT2D eigenvalue weighted by Crippen LogP contribution is 2.32. The molecule has 104 valence electrons. The highest BCUT2D eigenvalue weighted by molar-refractivity contribution is 6.44. The molecule has 1 heterocycles. The van der Waals surface area contributed by atoms with Gasteiger partial charge in [0.05, 0.1) is 20.8 Å². The van der Waals surface area contributed by atoms with E-state index >= 15 is 0 Å². The van der Waals surface area contributed by atoms with E-state index in [4.69, 9.17) is 52.1 Å². The largest absolute Gasteiger partial charge is 0.384 e. The lowest BCUT2D eigenvalue weighted by Crippen LogP contribution is -2.13. The molecule has 8 heteroatoms. The van der Waals surface area contributed by atoms with E-state index in [9.17, 15) is 4.79 Å². The van der Waals surface area contributed by atoms with Crippen LogP contribution >= 0.6 is 46.4 Å². The maximum atomic E-state index is 12.1. The second kappa shape index (κ2) is 6.06. The van der Waals surface area contributed by atoms with Crippen LogP contribution in [0.4, 0.5) is 11.5 Å². The quantitative estimate of drug-likeness (QED) is 0.617. The highest BCUT2D eigenvalue weighted by atomic mass is 35.5. The smallest absolute Gasteiger partial charge is 0.255 e. The van der Waals surface area contributed by atoms with Gasteiger partial charge >= 0.3 is 0 Å². The number of carbonyl (C=O) groups is 1. The number of pyridine rings is 1. The van der Waals surface area contributed by atoms with Gasteiger partial charge in [0.1, 0.15) is 11.0 Å². The fourth-order valence-electron chi connectivity index (χ4n) is 1.46. The van der Waals surface area contributed by atoms with Gasteiger partial charge in [-0.2, -0.15) is 0 Å². The summed E-state index contributed by atoms with van der Waals surface area (Å²) in [5, 5.41) is 3.55. The summed E-state index contributed by atoms with van der Waals surface area (Å²) in [7, 11) is 0. The summed E-state index contributed by atoms with van der Waals surface area (Å²) >= 11 is 23.4. The van der Waals surface area contributed by atoms with Gasteiger partial charge in [0.15, 0.2) is 0 Å². The predicted molar refractivity (Wildman–Crippen MR) is 83.1 cm³/mol. The Morgan fingerprint density at radius 1 is 1.00 bits per heavy atom. The standard InChI is InChI=1S/C12H7Cl4N3O/c13-6-3-8(15)9(4-7(6)14)18-12(20)5-1-10(16)19-11(17)2-5/h1-4H,(H2,17,19)(H,18,20). The highest BCUT2D eigenvalue weighted by Gasteiger charge is 2.12. The first kappa shape index (κ1) is 15.2. The third-order valence-electron chi connectivity index (χ3n) is 2.33. The number of nitrogens with one attached hydrogen (secondary N) is 1. The van der Waals surface area contributed by atoms with E-state index in [1.165, 1.54) is 24.3 Å². The van der Waals surface area contributed by atoms with Crippen molar-refractivity contribution < 1.29 is 4.79 Å². The Hall–Kier alpha value is -1.20. The van der Waals surface area contributed by atoms with Crippen LogP contribution in [-0.2, 0) is 0 Å². The summed E-state index contributed by atoms with van der Waals surface area (Å²) in [6, 6.07) is 5.68. The molecule has 0 bridgehead atoms. The summed E-state index contributed by atoms with van der Waals surface area (Å²) in [5.41, 5.74) is 6.11. The Kier molecular flexibility index (Phi) is 4.60. The molecule has 0 atom stereocenters. The number of nitrogens with two attached hydrogens (primary N) is 1. The number of hydrogen-bond acceptors (Lipinski definition) is 3. The van der Waals surface area contributed by atoms with Gasteiger partial charge in [-0.05, 0) is 24.3 Å². The third-order valence-corrected chi connectivity index (χ3v) is 3.56. The first-order valence-corrected chi connectivity index (χ1v) is 6.77. The van der Waals surface area contributed by atoms with Crippen LogP contribution in [-0.4, -0.2) is 10.9 Å². The van der Waals surface area contributed by atoms with Gasteiger partial charge in [-0.1, -0.05) is 46.4 Å². The summed E-state index contributed by atoms with van der Waals surface area (Å²) in [6.45, 7) is 0. The minimum atomic E-state index is -0.443. The van der Waals surface area contributed by atoms with Gasteiger partial charge in [0.2, 0.25) is 0 Å². The van der Waals surface area contributed by atoms with Gasteiger partial charge in [-0.25, -0.2) is 4.98 Å². The van der Waals surface area contributed by atoms with Crippen molar-refractivity contribution in [3.05, 3.63) is 50.0 Å². The Labute approximate surface area is 134 Å². The van der Waals surface area contributed by atoms with Gasteiger partial charge in [-0.15, -0.1) is 0 Å². The summed E-state index contributed by atoms with van der Waals surface area (Å²) < 4.78 is 0. The predicted octanol–water partition coefficient (Wildman–Crippen LogP) is 4.53. The fraction of sp³-hybridized carbons (Fsp3) is 0. The molecule has 0 saturated heterocycles. The van der Waals surface area contributed by atoms with Crippen LogP contribution in [0.15, 0.2) is 24.3 Å². The van der Waals surface area contributed by atoms with E-state index in [0.717, 1.165) is 0 Å². The molecule has 0 fully saturated rings. The Morgan fingerprint density at radius 3 is 2.30 bits per heavy atom. The zero-order chi connectivity index (χ0) is 14.9. The number of benzene rings is 1. The van der Waals surface area contributed by atoms with Crippen LogP contribution in [0.1, 0.15) is 10.4 Å². The number of halogens is 4. The average molecular weight is 351 g/mol. The van der Waals surface area contributed by atoms with Gasteiger partial charge in [0, 0.05) is 5.56 Å². The molecule has 0 aliphatic carbocycles. The molecule has 0 saturated carbocycles. The molecule has 2 aromatic rings. The second-order valence-corrected chi connectivity index (χ2v) is 5.41. The number of carbonyl (C=O) groups excluding carboxylic acids is 1. The van der Waals surface area contributed by atoms with Crippen molar-refractivity contribution in [1.29, 1.82) is 0 Å². The topological polar surface area (TPSA) is 68.0 Å². The SMILES string of the molecule is Nc1cc(C(=O)Nc2cc(Cl)c(Cl)cc2Cl)cc(Cl)n1. The lowest BCUT2D eigenvalue weighted by molar-refractivity contribution is 0.102. The van der Waals surface area contributed by atoms with Crippen LogP contribution in [0.5, 0.6) is 0 Å². The third kappa shape index (κ3) is 3.46. The Balaban J connectivity index is 2.30. The molecule has 2 rings (SSSR count). The Bertz CT molecular complexity index is 670. The van der Waals surface area contributed by atoms with Crippen molar-refractivity contribution in [3.63, 3.8) is 0 Å². The molecule has 0 spiro atoms. The van der Waals surface area contributed by atoms with Crippen molar-refractivity contribution in [2.24, 2.45) is 0 Å². The van der Waals surface area contributed by atoms with E-state index in [1.54, 1.807) is 0 Å². The van der Waals surface area contributed by atoms with Gasteiger partial charge < -0.3 is 11.1 Å². The maximum absolute atomic E-state index is 12.1. The number of hydrogen-bond donors (Lipinski definition) is 2. The van der Waals surface area contributed by atoms with Crippen molar-refractivity contribution in [3.8, 4) is 0 Å². The van der Waals surface area contributed by atoms with Crippen molar-refractivity contribution in [1.82, 2.24) is 4.98 Å². The molecule has 3 N–H and O–H groups in total. The van der Waals surface area contributed by atoms with E-state index < -0.39 is 5.91 Å². The lowest BCUT2D eigenvalue weighted by atomic mass is 10.2. The maximum Gasteiger partial charge on any atom is 0.255 e. The number of amides is 1. The summed E-state index contributed by atoms with van der Waals surface area (Å²) in [6.07, 6.45) is 0. The molecule has 1 aromatic carbocycles. The molecule has 1 aromatic heterocycles. The normalized spacial score (nSPS) is 10.4. The zero-order valence-corrected chi connectivity index (χ0v) is 12.8. The van der Waals surface area contributed by atoms with Gasteiger partial charge in [-0.3, -0.25) is 4.79 Å². The molecule has 1 amide bonds. The molecule has 0 radical (unpaired) electrons. The Morgan fingerprint density at radius 2 is 1.65 bits per heavy atom. The van der Waals surface area contributed by atoms with Crippen LogP contribution in [0.25, 0.3) is 0 Å². The van der Waals surface area contributed by atoms with Crippen LogP contribution in [0, 0.1) is 0 Å².